The van der Waals surface area contributed by atoms with Crippen molar-refractivity contribution in [1.82, 2.24) is 20.2 Å². The Hall–Kier alpha value is -1.17. The van der Waals surface area contributed by atoms with E-state index in [1.165, 1.54) is 0 Å². The second kappa shape index (κ2) is 3.29. The van der Waals surface area contributed by atoms with Gasteiger partial charge in [0.15, 0.2) is 0 Å². The van der Waals surface area contributed by atoms with Crippen LogP contribution in [0.25, 0.3) is 0 Å². The third-order valence-electron chi connectivity index (χ3n) is 2.53. The van der Waals surface area contributed by atoms with E-state index in [0.717, 1.165) is 25.7 Å². The van der Waals surface area contributed by atoms with Crippen molar-refractivity contribution in [3.63, 3.8) is 0 Å². The Labute approximate surface area is 75.7 Å². The van der Waals surface area contributed by atoms with Gasteiger partial charge >= 0.3 is 0 Å². The van der Waals surface area contributed by atoms with Gasteiger partial charge in [-0.2, -0.15) is 0 Å². The van der Waals surface area contributed by atoms with Gasteiger partial charge in [-0.05, 0) is 36.1 Å². The first-order valence-corrected chi connectivity index (χ1v) is 4.49. The molecule has 1 aromatic rings. The maximum Gasteiger partial charge on any atom is 0.240 e. The molecule has 1 aliphatic rings. The second-order valence-electron chi connectivity index (χ2n) is 3.44. The predicted octanol–water partition coefficient (Wildman–Crippen LogP) is -0.269. The molecule has 0 atom stereocenters. The monoisotopic (exact) mass is 183 g/mol. The fourth-order valence-electron chi connectivity index (χ4n) is 1.76. The molecule has 72 valence electrons. The third-order valence-corrected chi connectivity index (χ3v) is 2.53. The first kappa shape index (κ1) is 8.43. The van der Waals surface area contributed by atoms with Gasteiger partial charge in [-0.1, -0.05) is 5.10 Å². The van der Waals surface area contributed by atoms with Crippen LogP contribution in [0, 0.1) is 0 Å². The Kier molecular flexibility index (Phi) is 2.13. The van der Waals surface area contributed by atoms with E-state index in [-0.39, 0.29) is 12.1 Å². The van der Waals surface area contributed by atoms with Gasteiger partial charge in [-0.15, -0.1) is 0 Å². The van der Waals surface area contributed by atoms with E-state index in [9.17, 15) is 5.11 Å². The molecule has 6 nitrogen and oxygen atoms in total. The number of tetrazole rings is 1. The van der Waals surface area contributed by atoms with Crippen LogP contribution < -0.4 is 5.73 Å². The van der Waals surface area contributed by atoms with Crippen LogP contribution in [-0.4, -0.2) is 31.4 Å². The van der Waals surface area contributed by atoms with Crippen molar-refractivity contribution in [2.24, 2.45) is 0 Å². The summed E-state index contributed by atoms with van der Waals surface area (Å²) in [7, 11) is 0. The molecule has 1 fully saturated rings. The number of nitrogen functional groups attached to an aromatic ring is 1. The van der Waals surface area contributed by atoms with Gasteiger partial charge in [0, 0.05) is 0 Å². The molecule has 0 amide bonds. The van der Waals surface area contributed by atoms with Gasteiger partial charge in [-0.3, -0.25) is 0 Å². The quantitative estimate of drug-likeness (QED) is 0.625. The van der Waals surface area contributed by atoms with E-state index in [1.54, 1.807) is 4.68 Å². The standard InChI is InChI=1S/C7H13N5O/c8-7-9-10-11-12(7)5-1-3-6(13)4-2-5/h5-6,13H,1-4H2,(H2,8,9,11). The summed E-state index contributed by atoms with van der Waals surface area (Å²) in [6.45, 7) is 0. The largest absolute Gasteiger partial charge is 0.393 e. The van der Waals surface area contributed by atoms with E-state index >= 15 is 0 Å². The molecule has 1 heterocycles. The molecule has 1 aromatic heterocycles. The molecule has 2 rings (SSSR count). The number of aromatic nitrogens is 4. The minimum absolute atomic E-state index is 0.158. The SMILES string of the molecule is Nc1nnnn1C1CCC(O)CC1. The Morgan fingerprint density at radius 1 is 1.31 bits per heavy atom. The minimum Gasteiger partial charge on any atom is -0.393 e. The summed E-state index contributed by atoms with van der Waals surface area (Å²) in [5.74, 6) is 0.362. The molecular formula is C7H13N5O. The Balaban J connectivity index is 2.06. The lowest BCUT2D eigenvalue weighted by atomic mass is 9.93. The number of anilines is 1. The number of nitrogens with zero attached hydrogens (tertiary/aromatic N) is 4. The molecule has 1 saturated carbocycles. The van der Waals surface area contributed by atoms with E-state index in [4.69, 9.17) is 5.73 Å². The molecule has 0 aromatic carbocycles. The molecule has 6 heteroatoms. The zero-order chi connectivity index (χ0) is 9.26. The highest BCUT2D eigenvalue weighted by molar-refractivity contribution is 5.11. The van der Waals surface area contributed by atoms with Gasteiger partial charge in [0.25, 0.3) is 0 Å². The summed E-state index contributed by atoms with van der Waals surface area (Å²) in [4.78, 5) is 0. The highest BCUT2D eigenvalue weighted by atomic mass is 16.3. The molecule has 0 radical (unpaired) electrons. The van der Waals surface area contributed by atoms with Gasteiger partial charge in [0.05, 0.1) is 12.1 Å². The van der Waals surface area contributed by atoms with Crippen LogP contribution in [-0.2, 0) is 0 Å². The highest BCUT2D eigenvalue weighted by Crippen LogP contribution is 2.28. The predicted molar refractivity (Wildman–Crippen MR) is 45.7 cm³/mol. The van der Waals surface area contributed by atoms with E-state index in [2.05, 4.69) is 15.5 Å². The molecular weight excluding hydrogens is 170 g/mol. The van der Waals surface area contributed by atoms with Crippen molar-refractivity contribution >= 4 is 5.95 Å². The van der Waals surface area contributed by atoms with Crippen LogP contribution >= 0.6 is 0 Å². The van der Waals surface area contributed by atoms with Gasteiger partial charge in [0.2, 0.25) is 5.95 Å². The number of aliphatic hydroxyl groups excluding tert-OH is 1. The van der Waals surface area contributed by atoms with Crippen molar-refractivity contribution in [2.75, 3.05) is 5.73 Å². The lowest BCUT2D eigenvalue weighted by Crippen LogP contribution is -2.22. The summed E-state index contributed by atoms with van der Waals surface area (Å²) < 4.78 is 1.64. The van der Waals surface area contributed by atoms with Crippen molar-refractivity contribution in [3.05, 3.63) is 0 Å². The molecule has 0 spiro atoms. The summed E-state index contributed by atoms with van der Waals surface area (Å²) in [5.41, 5.74) is 5.57. The minimum atomic E-state index is -0.158. The van der Waals surface area contributed by atoms with Crippen molar-refractivity contribution in [2.45, 2.75) is 37.8 Å². The normalized spacial score (nSPS) is 29.0. The molecule has 0 aliphatic heterocycles. The zero-order valence-corrected chi connectivity index (χ0v) is 7.30. The van der Waals surface area contributed by atoms with Crippen LogP contribution in [0.1, 0.15) is 31.7 Å². The Morgan fingerprint density at radius 3 is 2.54 bits per heavy atom. The average Bonchev–Trinajstić information content (AvgIpc) is 2.53. The fourth-order valence-corrected chi connectivity index (χ4v) is 1.76. The number of aliphatic hydroxyl groups is 1. The van der Waals surface area contributed by atoms with Gasteiger partial charge < -0.3 is 10.8 Å². The Morgan fingerprint density at radius 2 is 2.00 bits per heavy atom. The van der Waals surface area contributed by atoms with E-state index < -0.39 is 0 Å². The molecule has 0 saturated heterocycles. The zero-order valence-electron chi connectivity index (χ0n) is 7.30. The third kappa shape index (κ3) is 1.62. The maximum atomic E-state index is 9.30. The molecule has 0 unspecified atom stereocenters. The summed E-state index contributed by atoms with van der Waals surface area (Å²) in [6, 6.07) is 0.262. The fraction of sp³-hybridized carbons (Fsp3) is 0.857. The number of hydrogen-bond donors (Lipinski definition) is 2. The first-order valence-electron chi connectivity index (χ1n) is 4.49. The summed E-state index contributed by atoms with van der Waals surface area (Å²) >= 11 is 0. The van der Waals surface area contributed by atoms with Crippen LogP contribution in [0.5, 0.6) is 0 Å². The molecule has 1 aliphatic carbocycles. The molecule has 0 bridgehead atoms. The Bertz CT molecular complexity index is 278. The van der Waals surface area contributed by atoms with Crippen LogP contribution in [0.15, 0.2) is 0 Å². The van der Waals surface area contributed by atoms with E-state index in [0.29, 0.717) is 5.95 Å². The summed E-state index contributed by atoms with van der Waals surface area (Å²) in [6.07, 6.45) is 3.26. The van der Waals surface area contributed by atoms with Crippen LogP contribution in [0.3, 0.4) is 0 Å². The van der Waals surface area contributed by atoms with Gasteiger partial charge in [0.1, 0.15) is 0 Å². The topological polar surface area (TPSA) is 89.9 Å². The van der Waals surface area contributed by atoms with Crippen molar-refractivity contribution in [3.8, 4) is 0 Å². The van der Waals surface area contributed by atoms with Gasteiger partial charge in [-0.25, -0.2) is 4.68 Å². The number of rotatable bonds is 1. The number of nitrogens with two attached hydrogens (primary N) is 1. The van der Waals surface area contributed by atoms with Crippen molar-refractivity contribution in [1.29, 1.82) is 0 Å². The second-order valence-corrected chi connectivity index (χ2v) is 3.44. The lowest BCUT2D eigenvalue weighted by molar-refractivity contribution is 0.108. The molecule has 13 heavy (non-hydrogen) atoms. The first-order chi connectivity index (χ1) is 6.27. The summed E-state index contributed by atoms with van der Waals surface area (Å²) in [5, 5.41) is 20.2. The smallest absolute Gasteiger partial charge is 0.240 e. The maximum absolute atomic E-state index is 9.30. The lowest BCUT2D eigenvalue weighted by Gasteiger charge is -2.24. The van der Waals surface area contributed by atoms with Crippen LogP contribution in [0.4, 0.5) is 5.95 Å². The van der Waals surface area contributed by atoms with Crippen LogP contribution in [0.2, 0.25) is 0 Å². The van der Waals surface area contributed by atoms with E-state index in [1.807, 2.05) is 0 Å². The highest BCUT2D eigenvalue weighted by Gasteiger charge is 2.22. The average molecular weight is 183 g/mol. The van der Waals surface area contributed by atoms with Crippen molar-refractivity contribution < 1.29 is 5.11 Å². The molecule has 3 N–H and O–H groups in total. The number of hydrogen-bond acceptors (Lipinski definition) is 5.